The topological polar surface area (TPSA) is 66.9 Å². The van der Waals surface area contributed by atoms with Gasteiger partial charge in [-0.25, -0.2) is 0 Å². The fourth-order valence-electron chi connectivity index (χ4n) is 2.86. The molecule has 1 atom stereocenters. The van der Waals surface area contributed by atoms with Crippen LogP contribution in [-0.2, 0) is 19.7 Å². The molecule has 0 aromatic rings. The van der Waals surface area contributed by atoms with Crippen LogP contribution in [0.4, 0.5) is 0 Å². The molecule has 2 saturated heterocycles. The molecule has 0 spiro atoms. The Labute approximate surface area is 121 Å². The van der Waals surface area contributed by atoms with Gasteiger partial charge < -0.3 is 4.74 Å². The molecule has 7 heteroatoms. The second kappa shape index (κ2) is 6.87. The fourth-order valence-corrected chi connectivity index (χ4v) is 4.64. The van der Waals surface area contributed by atoms with Crippen molar-refractivity contribution in [1.29, 1.82) is 0 Å². The monoisotopic (exact) mass is 304 g/mol. The average molecular weight is 304 g/mol. The number of esters is 1. The summed E-state index contributed by atoms with van der Waals surface area (Å²) in [6, 6.07) is 0. The predicted molar refractivity (Wildman–Crippen MR) is 75.3 cm³/mol. The second-order valence-electron chi connectivity index (χ2n) is 5.42. The number of hydrogen-bond donors (Lipinski definition) is 0. The molecular weight excluding hydrogens is 280 g/mol. The van der Waals surface area contributed by atoms with Gasteiger partial charge in [0.05, 0.1) is 12.5 Å². The summed E-state index contributed by atoms with van der Waals surface area (Å²) >= 11 is 0. The predicted octanol–water partition coefficient (Wildman–Crippen LogP) is 0.992. The molecule has 0 aliphatic carbocycles. The lowest BCUT2D eigenvalue weighted by Gasteiger charge is -2.36. The summed E-state index contributed by atoms with van der Waals surface area (Å²) in [7, 11) is -3.41. The van der Waals surface area contributed by atoms with Crippen LogP contribution < -0.4 is 0 Å². The summed E-state index contributed by atoms with van der Waals surface area (Å²) in [5.74, 6) is -0.589. The van der Waals surface area contributed by atoms with Gasteiger partial charge in [0.2, 0.25) is 0 Å². The van der Waals surface area contributed by atoms with Gasteiger partial charge >= 0.3 is 5.97 Å². The maximum Gasteiger partial charge on any atom is 0.310 e. The third-order valence-electron chi connectivity index (χ3n) is 3.97. The third kappa shape index (κ3) is 3.51. The number of ether oxygens (including phenoxy) is 1. The fraction of sp³-hybridized carbons (Fsp3) is 0.923. The van der Waals surface area contributed by atoms with Crippen molar-refractivity contribution in [1.82, 2.24) is 8.61 Å². The van der Waals surface area contributed by atoms with Crippen LogP contribution in [0.15, 0.2) is 0 Å². The Morgan fingerprint density at radius 2 is 1.75 bits per heavy atom. The van der Waals surface area contributed by atoms with E-state index in [2.05, 4.69) is 0 Å². The Morgan fingerprint density at radius 1 is 1.10 bits per heavy atom. The lowest BCUT2D eigenvalue weighted by Crippen LogP contribution is -2.50. The molecule has 2 fully saturated rings. The molecule has 0 aromatic heterocycles. The molecule has 2 heterocycles. The molecule has 0 saturated carbocycles. The average Bonchev–Trinajstić information content (AvgIpc) is 2.48. The molecule has 0 amide bonds. The molecule has 0 bridgehead atoms. The zero-order chi connectivity index (χ0) is 14.6. The molecule has 116 valence electrons. The van der Waals surface area contributed by atoms with Crippen LogP contribution in [0.3, 0.4) is 0 Å². The van der Waals surface area contributed by atoms with E-state index in [0.29, 0.717) is 32.7 Å². The van der Waals surface area contributed by atoms with Crippen molar-refractivity contribution in [3.63, 3.8) is 0 Å². The van der Waals surface area contributed by atoms with Gasteiger partial charge in [-0.1, -0.05) is 6.42 Å². The molecule has 0 radical (unpaired) electrons. The molecule has 2 rings (SSSR count). The molecule has 2 aliphatic heterocycles. The van der Waals surface area contributed by atoms with Gasteiger partial charge in [0.1, 0.15) is 0 Å². The van der Waals surface area contributed by atoms with E-state index in [1.54, 1.807) is 11.2 Å². The number of hydrogen-bond acceptors (Lipinski definition) is 4. The van der Waals surface area contributed by atoms with E-state index in [-0.39, 0.29) is 18.4 Å². The van der Waals surface area contributed by atoms with Crippen LogP contribution in [0.5, 0.6) is 0 Å². The van der Waals surface area contributed by atoms with Crippen LogP contribution in [0.25, 0.3) is 0 Å². The van der Waals surface area contributed by atoms with Gasteiger partial charge in [0, 0.05) is 26.2 Å². The van der Waals surface area contributed by atoms with E-state index in [1.165, 1.54) is 4.31 Å². The van der Waals surface area contributed by atoms with Crippen LogP contribution in [-0.4, -0.2) is 55.8 Å². The van der Waals surface area contributed by atoms with Crippen molar-refractivity contribution in [2.24, 2.45) is 5.92 Å². The largest absolute Gasteiger partial charge is 0.466 e. The molecule has 0 N–H and O–H groups in total. The summed E-state index contributed by atoms with van der Waals surface area (Å²) < 4.78 is 33.2. The SMILES string of the molecule is CCOC(=O)C1CCCN(S(=O)(=O)N2CCCCC2)C1. The highest BCUT2D eigenvalue weighted by atomic mass is 32.2. The maximum absolute atomic E-state index is 12.6. The first-order valence-electron chi connectivity index (χ1n) is 7.47. The quantitative estimate of drug-likeness (QED) is 0.727. The van der Waals surface area contributed by atoms with Crippen molar-refractivity contribution in [3.8, 4) is 0 Å². The first-order chi connectivity index (χ1) is 9.55. The van der Waals surface area contributed by atoms with Gasteiger partial charge in [0.15, 0.2) is 0 Å². The van der Waals surface area contributed by atoms with Crippen molar-refractivity contribution < 1.29 is 17.9 Å². The Balaban J connectivity index is 2.01. The van der Waals surface area contributed by atoms with Gasteiger partial charge in [0.25, 0.3) is 10.2 Å². The van der Waals surface area contributed by atoms with Crippen molar-refractivity contribution >= 4 is 16.2 Å². The Hall–Kier alpha value is -0.660. The Morgan fingerprint density at radius 3 is 2.40 bits per heavy atom. The number of piperidine rings is 2. The zero-order valence-electron chi connectivity index (χ0n) is 12.1. The van der Waals surface area contributed by atoms with E-state index in [9.17, 15) is 13.2 Å². The number of carbonyl (C=O) groups is 1. The van der Waals surface area contributed by atoms with E-state index >= 15 is 0 Å². The van der Waals surface area contributed by atoms with Crippen LogP contribution >= 0.6 is 0 Å². The molecule has 20 heavy (non-hydrogen) atoms. The van der Waals surface area contributed by atoms with E-state index in [1.807, 2.05) is 0 Å². The molecular formula is C13H24N2O4S. The van der Waals surface area contributed by atoms with Gasteiger partial charge in [-0.3, -0.25) is 4.79 Å². The van der Waals surface area contributed by atoms with Gasteiger partial charge in [-0.2, -0.15) is 17.0 Å². The summed E-state index contributed by atoms with van der Waals surface area (Å²) in [6.07, 6.45) is 4.38. The first kappa shape index (κ1) is 15.7. The molecule has 1 unspecified atom stereocenters. The standard InChI is InChI=1S/C13H24N2O4S/c1-2-19-13(16)12-7-6-10-15(11-12)20(17,18)14-8-4-3-5-9-14/h12H,2-11H2,1H3. The van der Waals surface area contributed by atoms with E-state index < -0.39 is 10.2 Å². The van der Waals surface area contributed by atoms with Crippen LogP contribution in [0.1, 0.15) is 39.0 Å². The van der Waals surface area contributed by atoms with Gasteiger partial charge in [-0.05, 0) is 32.6 Å². The summed E-state index contributed by atoms with van der Waals surface area (Å²) in [5, 5.41) is 0. The molecule has 2 aliphatic rings. The van der Waals surface area contributed by atoms with Gasteiger partial charge in [-0.15, -0.1) is 0 Å². The first-order valence-corrected chi connectivity index (χ1v) is 8.87. The zero-order valence-corrected chi connectivity index (χ0v) is 12.9. The van der Waals surface area contributed by atoms with Crippen molar-refractivity contribution in [2.75, 3.05) is 32.8 Å². The highest BCUT2D eigenvalue weighted by Gasteiger charge is 2.36. The Kier molecular flexibility index (Phi) is 5.40. The minimum absolute atomic E-state index is 0.262. The maximum atomic E-state index is 12.6. The molecule has 6 nitrogen and oxygen atoms in total. The van der Waals surface area contributed by atoms with Crippen LogP contribution in [0.2, 0.25) is 0 Å². The lowest BCUT2D eigenvalue weighted by molar-refractivity contribution is -0.149. The number of nitrogens with zero attached hydrogens (tertiary/aromatic N) is 2. The summed E-state index contributed by atoms with van der Waals surface area (Å²) in [6.45, 7) is 4.08. The van der Waals surface area contributed by atoms with E-state index in [4.69, 9.17) is 4.74 Å². The minimum Gasteiger partial charge on any atom is -0.466 e. The van der Waals surface area contributed by atoms with Crippen molar-refractivity contribution in [3.05, 3.63) is 0 Å². The number of carbonyl (C=O) groups excluding carboxylic acids is 1. The minimum atomic E-state index is -3.41. The second-order valence-corrected chi connectivity index (χ2v) is 7.35. The normalized spacial score (nSPS) is 26.4. The number of rotatable bonds is 4. The smallest absolute Gasteiger partial charge is 0.310 e. The highest BCUT2D eigenvalue weighted by molar-refractivity contribution is 7.86. The highest BCUT2D eigenvalue weighted by Crippen LogP contribution is 2.24. The van der Waals surface area contributed by atoms with E-state index in [0.717, 1.165) is 25.7 Å². The Bertz CT molecular complexity index is 432. The third-order valence-corrected chi connectivity index (χ3v) is 5.97. The summed E-state index contributed by atoms with van der Waals surface area (Å²) in [4.78, 5) is 11.8. The summed E-state index contributed by atoms with van der Waals surface area (Å²) in [5.41, 5.74) is 0. The lowest BCUT2D eigenvalue weighted by atomic mass is 10.0. The molecule has 0 aromatic carbocycles. The van der Waals surface area contributed by atoms with Crippen LogP contribution in [0, 0.1) is 5.92 Å². The van der Waals surface area contributed by atoms with Crippen molar-refractivity contribution in [2.45, 2.75) is 39.0 Å².